The van der Waals surface area contributed by atoms with Crippen molar-refractivity contribution in [1.29, 1.82) is 0 Å². The summed E-state index contributed by atoms with van der Waals surface area (Å²) in [6.07, 6.45) is 3.46. The highest BCUT2D eigenvalue weighted by molar-refractivity contribution is 6.42. The van der Waals surface area contributed by atoms with Crippen LogP contribution in [0.5, 0.6) is 0 Å². The molecule has 1 N–H and O–H groups in total. The van der Waals surface area contributed by atoms with E-state index in [1.165, 1.54) is 0 Å². The van der Waals surface area contributed by atoms with Gasteiger partial charge >= 0.3 is 0 Å². The summed E-state index contributed by atoms with van der Waals surface area (Å²) in [5, 5.41) is 11.5. The van der Waals surface area contributed by atoms with Gasteiger partial charge in [0.05, 0.1) is 22.7 Å². The van der Waals surface area contributed by atoms with E-state index in [4.69, 9.17) is 23.2 Å². The molecule has 0 aliphatic heterocycles. The molecule has 1 aromatic rings. The Bertz CT molecular complexity index is 449. The predicted octanol–water partition coefficient (Wildman–Crippen LogP) is 3.87. The van der Waals surface area contributed by atoms with E-state index in [1.54, 1.807) is 6.07 Å². The molecule has 2 rings (SSSR count). The number of aliphatic hydroxyl groups excluding tert-OH is 1. The van der Waals surface area contributed by atoms with Gasteiger partial charge in [-0.25, -0.2) is 0 Å². The van der Waals surface area contributed by atoms with Gasteiger partial charge in [-0.15, -0.1) is 0 Å². The SMILES string of the molecule is C=NCC1(c2ccc(Cl)c(Cl)c2)CCCCC1O. The third-order valence-corrected chi connectivity index (χ3v) is 4.62. The van der Waals surface area contributed by atoms with Gasteiger partial charge in [0.1, 0.15) is 0 Å². The zero-order valence-corrected chi connectivity index (χ0v) is 11.7. The number of hydrogen-bond acceptors (Lipinski definition) is 2. The summed E-state index contributed by atoms with van der Waals surface area (Å²) in [7, 11) is 0. The van der Waals surface area contributed by atoms with E-state index in [2.05, 4.69) is 11.7 Å². The molecule has 0 saturated heterocycles. The van der Waals surface area contributed by atoms with E-state index in [1.807, 2.05) is 12.1 Å². The smallest absolute Gasteiger partial charge is 0.0654 e. The highest BCUT2D eigenvalue weighted by Crippen LogP contribution is 2.41. The van der Waals surface area contributed by atoms with Gasteiger partial charge < -0.3 is 5.11 Å². The van der Waals surface area contributed by atoms with E-state index >= 15 is 0 Å². The summed E-state index contributed by atoms with van der Waals surface area (Å²) in [6.45, 7) is 4.10. The lowest BCUT2D eigenvalue weighted by molar-refractivity contribution is 0.0467. The Kier molecular flexibility index (Phi) is 4.31. The van der Waals surface area contributed by atoms with Gasteiger partial charge in [0.15, 0.2) is 0 Å². The van der Waals surface area contributed by atoms with Gasteiger partial charge in [-0.3, -0.25) is 4.99 Å². The maximum atomic E-state index is 10.4. The maximum absolute atomic E-state index is 10.4. The van der Waals surface area contributed by atoms with Gasteiger partial charge in [0, 0.05) is 5.41 Å². The minimum atomic E-state index is -0.394. The van der Waals surface area contributed by atoms with Crippen molar-refractivity contribution in [3.8, 4) is 0 Å². The second-order valence-corrected chi connectivity index (χ2v) is 5.74. The molecule has 1 aliphatic carbocycles. The molecule has 0 spiro atoms. The summed E-state index contributed by atoms with van der Waals surface area (Å²) in [5.74, 6) is 0. The van der Waals surface area contributed by atoms with E-state index in [0.717, 1.165) is 31.2 Å². The molecular formula is C14H17Cl2NO. The zero-order chi connectivity index (χ0) is 13.2. The normalized spacial score (nSPS) is 28.1. The Labute approximate surface area is 118 Å². The average molecular weight is 286 g/mol. The third kappa shape index (κ3) is 2.42. The minimum absolute atomic E-state index is 0.353. The Morgan fingerprint density at radius 3 is 2.72 bits per heavy atom. The first-order chi connectivity index (χ1) is 8.60. The van der Waals surface area contributed by atoms with Crippen molar-refractivity contribution in [3.63, 3.8) is 0 Å². The van der Waals surface area contributed by atoms with Gasteiger partial charge in [0.25, 0.3) is 0 Å². The topological polar surface area (TPSA) is 32.6 Å². The standard InChI is InChI=1S/C14H17Cl2NO/c1-17-9-14(7-3-2-4-13(14)18)10-5-6-11(15)12(16)8-10/h5-6,8,13,18H,1-4,7,9H2. The van der Waals surface area contributed by atoms with Crippen molar-refractivity contribution >= 4 is 29.9 Å². The Balaban J connectivity index is 2.45. The molecule has 1 saturated carbocycles. The van der Waals surface area contributed by atoms with Crippen molar-refractivity contribution in [2.45, 2.75) is 37.2 Å². The predicted molar refractivity (Wildman–Crippen MR) is 77.0 cm³/mol. The lowest BCUT2D eigenvalue weighted by Crippen LogP contribution is -2.44. The number of rotatable bonds is 3. The lowest BCUT2D eigenvalue weighted by Gasteiger charge is -2.41. The molecule has 98 valence electrons. The summed E-state index contributed by atoms with van der Waals surface area (Å²) < 4.78 is 0. The first-order valence-corrected chi connectivity index (χ1v) is 6.92. The van der Waals surface area contributed by atoms with E-state index in [-0.39, 0.29) is 5.41 Å². The van der Waals surface area contributed by atoms with Crippen molar-refractivity contribution in [2.75, 3.05) is 6.54 Å². The highest BCUT2D eigenvalue weighted by atomic mass is 35.5. The number of aliphatic hydroxyl groups is 1. The largest absolute Gasteiger partial charge is 0.392 e. The summed E-state index contributed by atoms with van der Waals surface area (Å²) in [6, 6.07) is 5.57. The van der Waals surface area contributed by atoms with Crippen LogP contribution in [0.4, 0.5) is 0 Å². The molecular weight excluding hydrogens is 269 g/mol. The molecule has 0 amide bonds. The van der Waals surface area contributed by atoms with Crippen LogP contribution in [0.25, 0.3) is 0 Å². The van der Waals surface area contributed by atoms with Crippen LogP contribution in [0.3, 0.4) is 0 Å². The van der Waals surface area contributed by atoms with Crippen LogP contribution in [-0.2, 0) is 5.41 Å². The van der Waals surface area contributed by atoms with E-state index in [0.29, 0.717) is 16.6 Å². The molecule has 0 aromatic heterocycles. The maximum Gasteiger partial charge on any atom is 0.0654 e. The van der Waals surface area contributed by atoms with Gasteiger partial charge in [-0.1, -0.05) is 42.1 Å². The quantitative estimate of drug-likeness (QED) is 0.841. The average Bonchev–Trinajstić information content (AvgIpc) is 2.36. The van der Waals surface area contributed by atoms with Crippen LogP contribution in [-0.4, -0.2) is 24.5 Å². The van der Waals surface area contributed by atoms with Crippen LogP contribution >= 0.6 is 23.2 Å². The van der Waals surface area contributed by atoms with Crippen molar-refractivity contribution < 1.29 is 5.11 Å². The second kappa shape index (κ2) is 5.60. The van der Waals surface area contributed by atoms with E-state index < -0.39 is 6.10 Å². The summed E-state index contributed by atoms with van der Waals surface area (Å²) in [4.78, 5) is 4.02. The summed E-state index contributed by atoms with van der Waals surface area (Å²) in [5.41, 5.74) is 0.658. The Morgan fingerprint density at radius 2 is 2.11 bits per heavy atom. The molecule has 1 aromatic carbocycles. The van der Waals surface area contributed by atoms with Crippen molar-refractivity contribution in [2.24, 2.45) is 4.99 Å². The van der Waals surface area contributed by atoms with Crippen molar-refractivity contribution in [3.05, 3.63) is 33.8 Å². The molecule has 2 nitrogen and oxygen atoms in total. The molecule has 2 atom stereocenters. The monoisotopic (exact) mass is 285 g/mol. The minimum Gasteiger partial charge on any atom is -0.392 e. The lowest BCUT2D eigenvalue weighted by atomic mass is 9.67. The number of benzene rings is 1. The Hall–Kier alpha value is -0.570. The molecule has 18 heavy (non-hydrogen) atoms. The molecule has 4 heteroatoms. The van der Waals surface area contributed by atoms with Gasteiger partial charge in [0.2, 0.25) is 0 Å². The molecule has 0 radical (unpaired) electrons. The van der Waals surface area contributed by atoms with Gasteiger partial charge in [-0.2, -0.15) is 0 Å². The second-order valence-electron chi connectivity index (χ2n) is 4.93. The fourth-order valence-corrected chi connectivity index (χ4v) is 3.14. The third-order valence-electron chi connectivity index (χ3n) is 3.88. The van der Waals surface area contributed by atoms with Crippen LogP contribution in [0.1, 0.15) is 31.2 Å². The summed E-state index contributed by atoms with van der Waals surface area (Å²) >= 11 is 12.0. The Morgan fingerprint density at radius 1 is 1.33 bits per heavy atom. The van der Waals surface area contributed by atoms with Crippen LogP contribution in [0.2, 0.25) is 10.0 Å². The molecule has 1 aliphatic rings. The number of hydrogen-bond donors (Lipinski definition) is 1. The molecule has 1 fully saturated rings. The first-order valence-electron chi connectivity index (χ1n) is 6.16. The first kappa shape index (κ1) is 13.9. The molecule has 0 bridgehead atoms. The number of nitrogens with zero attached hydrogens (tertiary/aromatic N) is 1. The fourth-order valence-electron chi connectivity index (χ4n) is 2.84. The zero-order valence-electron chi connectivity index (χ0n) is 10.2. The number of aliphatic imine (C=N–C) groups is 1. The van der Waals surface area contributed by atoms with E-state index in [9.17, 15) is 5.11 Å². The van der Waals surface area contributed by atoms with Crippen LogP contribution in [0.15, 0.2) is 23.2 Å². The highest BCUT2D eigenvalue weighted by Gasteiger charge is 2.41. The van der Waals surface area contributed by atoms with Crippen molar-refractivity contribution in [1.82, 2.24) is 0 Å². The number of halogens is 2. The molecule has 0 heterocycles. The van der Waals surface area contributed by atoms with Crippen LogP contribution < -0.4 is 0 Å². The molecule has 2 unspecified atom stereocenters. The fraction of sp³-hybridized carbons (Fsp3) is 0.500. The van der Waals surface area contributed by atoms with Crippen LogP contribution in [0, 0.1) is 0 Å². The van der Waals surface area contributed by atoms with Gasteiger partial charge in [-0.05, 0) is 37.3 Å².